The number of aliphatic hydroxyl groups is 1. The van der Waals surface area contributed by atoms with Gasteiger partial charge in [0.15, 0.2) is 0 Å². The van der Waals surface area contributed by atoms with Crippen LogP contribution in [0.2, 0.25) is 0 Å². The Morgan fingerprint density at radius 1 is 1.50 bits per heavy atom. The first-order valence-electron chi connectivity index (χ1n) is 4.48. The molecule has 68 valence electrons. The summed E-state index contributed by atoms with van der Waals surface area (Å²) in [7, 11) is 0. The van der Waals surface area contributed by atoms with E-state index in [4.69, 9.17) is 5.11 Å². The maximum Gasteiger partial charge on any atom is 0.310 e. The predicted octanol–water partition coefficient (Wildman–Crippen LogP) is 0.868. The summed E-state index contributed by atoms with van der Waals surface area (Å²) in [4.78, 5) is 11.0. The fourth-order valence-corrected chi connectivity index (χ4v) is 3.03. The first-order chi connectivity index (χ1) is 5.56. The molecule has 3 heteroatoms. The van der Waals surface area contributed by atoms with Crippen LogP contribution in [0.15, 0.2) is 0 Å². The normalized spacial score (nSPS) is 51.3. The van der Waals surface area contributed by atoms with Gasteiger partial charge < -0.3 is 10.2 Å². The average Bonchev–Trinajstić information content (AvgIpc) is 2.42. The molecule has 2 aliphatic carbocycles. The molecule has 2 aliphatic rings. The van der Waals surface area contributed by atoms with Gasteiger partial charge in [0.25, 0.3) is 0 Å². The molecule has 2 saturated carbocycles. The second-order valence-electron chi connectivity index (χ2n) is 4.27. The van der Waals surface area contributed by atoms with Crippen LogP contribution in [0.5, 0.6) is 0 Å². The molecular formula is C9H14O3. The molecule has 1 unspecified atom stereocenters. The van der Waals surface area contributed by atoms with Gasteiger partial charge in [-0.3, -0.25) is 4.79 Å². The van der Waals surface area contributed by atoms with Crippen LogP contribution in [0.1, 0.15) is 26.2 Å². The largest absolute Gasteiger partial charge is 0.481 e. The van der Waals surface area contributed by atoms with Gasteiger partial charge in [0, 0.05) is 5.92 Å². The topological polar surface area (TPSA) is 57.5 Å². The van der Waals surface area contributed by atoms with Crippen molar-refractivity contribution in [1.29, 1.82) is 0 Å². The quantitative estimate of drug-likeness (QED) is 0.614. The van der Waals surface area contributed by atoms with E-state index >= 15 is 0 Å². The fraction of sp³-hybridized carbons (Fsp3) is 0.889. The molecule has 2 rings (SSSR count). The second kappa shape index (κ2) is 2.22. The lowest BCUT2D eigenvalue weighted by atomic mass is 9.79. The average molecular weight is 170 g/mol. The number of rotatable bonds is 1. The molecule has 4 atom stereocenters. The van der Waals surface area contributed by atoms with E-state index in [2.05, 4.69) is 0 Å². The van der Waals surface area contributed by atoms with Gasteiger partial charge in [-0.2, -0.15) is 0 Å². The van der Waals surface area contributed by atoms with Crippen LogP contribution in [-0.2, 0) is 4.79 Å². The zero-order valence-corrected chi connectivity index (χ0v) is 7.16. The van der Waals surface area contributed by atoms with Crippen molar-refractivity contribution in [3.8, 4) is 0 Å². The van der Waals surface area contributed by atoms with Crippen molar-refractivity contribution in [3.63, 3.8) is 0 Å². The van der Waals surface area contributed by atoms with Crippen molar-refractivity contribution in [2.45, 2.75) is 32.3 Å². The van der Waals surface area contributed by atoms with Crippen molar-refractivity contribution < 1.29 is 15.0 Å². The molecular weight excluding hydrogens is 156 g/mol. The molecule has 0 heterocycles. The first-order valence-corrected chi connectivity index (χ1v) is 4.48. The fourth-order valence-electron chi connectivity index (χ4n) is 3.03. The minimum atomic E-state index is -0.730. The molecule has 0 aromatic rings. The number of carboxylic acid groups (broad SMARTS) is 1. The smallest absolute Gasteiger partial charge is 0.310 e. The minimum Gasteiger partial charge on any atom is -0.481 e. The van der Waals surface area contributed by atoms with Crippen LogP contribution in [0.3, 0.4) is 0 Å². The summed E-state index contributed by atoms with van der Waals surface area (Å²) < 4.78 is 0. The predicted molar refractivity (Wildman–Crippen MR) is 42.6 cm³/mol. The minimum absolute atomic E-state index is 0.000000000000000222. The molecule has 0 saturated heterocycles. The Bertz CT molecular complexity index is 226. The Kier molecular flexibility index (Phi) is 1.49. The summed E-state index contributed by atoms with van der Waals surface area (Å²) in [5.41, 5.74) is -0.639. The maximum absolute atomic E-state index is 11.0. The first kappa shape index (κ1) is 8.05. The number of carbonyl (C=O) groups is 1. The SMILES string of the molecule is CC1(C(=O)O)[C@@H]2CC[C@@H]1[C@H](O)C2. The number of hydrogen-bond donors (Lipinski definition) is 2. The summed E-state index contributed by atoms with van der Waals surface area (Å²) in [6.45, 7) is 1.79. The van der Waals surface area contributed by atoms with Crippen molar-refractivity contribution in [3.05, 3.63) is 0 Å². The zero-order chi connectivity index (χ0) is 8.93. The van der Waals surface area contributed by atoms with Gasteiger partial charge in [0.1, 0.15) is 0 Å². The molecule has 0 aromatic heterocycles. The second-order valence-corrected chi connectivity index (χ2v) is 4.27. The molecule has 12 heavy (non-hydrogen) atoms. The van der Waals surface area contributed by atoms with Crippen LogP contribution in [0.25, 0.3) is 0 Å². The third kappa shape index (κ3) is 0.724. The Morgan fingerprint density at radius 2 is 2.17 bits per heavy atom. The van der Waals surface area contributed by atoms with Gasteiger partial charge in [0.05, 0.1) is 11.5 Å². The Balaban J connectivity index is 2.34. The van der Waals surface area contributed by atoms with Crippen molar-refractivity contribution in [2.75, 3.05) is 0 Å². The number of hydrogen-bond acceptors (Lipinski definition) is 2. The number of fused-ring (bicyclic) bond motifs is 2. The van der Waals surface area contributed by atoms with Crippen molar-refractivity contribution >= 4 is 5.97 Å². The molecule has 0 aromatic carbocycles. The summed E-state index contributed by atoms with van der Waals surface area (Å²) in [6, 6.07) is 0. The highest BCUT2D eigenvalue weighted by Gasteiger charge is 2.60. The number of aliphatic hydroxyl groups excluding tert-OH is 1. The molecule has 0 spiro atoms. The van der Waals surface area contributed by atoms with Crippen LogP contribution in [-0.4, -0.2) is 22.3 Å². The third-order valence-corrected chi connectivity index (χ3v) is 3.90. The van der Waals surface area contributed by atoms with E-state index in [1.807, 2.05) is 0 Å². The summed E-state index contributed by atoms with van der Waals surface area (Å²) in [5.74, 6) is -0.526. The highest BCUT2D eigenvalue weighted by Crippen LogP contribution is 2.57. The lowest BCUT2D eigenvalue weighted by Gasteiger charge is -2.24. The van der Waals surface area contributed by atoms with Gasteiger partial charge >= 0.3 is 5.97 Å². The van der Waals surface area contributed by atoms with E-state index in [1.54, 1.807) is 6.92 Å². The molecule has 0 radical (unpaired) electrons. The van der Waals surface area contributed by atoms with Gasteiger partial charge in [-0.25, -0.2) is 0 Å². The van der Waals surface area contributed by atoms with Gasteiger partial charge in [-0.05, 0) is 32.1 Å². The molecule has 3 nitrogen and oxygen atoms in total. The van der Waals surface area contributed by atoms with Gasteiger partial charge in [-0.15, -0.1) is 0 Å². The molecule has 0 aliphatic heterocycles. The number of carboxylic acids is 1. The van der Waals surface area contributed by atoms with E-state index in [-0.39, 0.29) is 17.9 Å². The molecule has 0 amide bonds. The summed E-state index contributed by atoms with van der Waals surface area (Å²) in [6.07, 6.45) is 2.18. The monoisotopic (exact) mass is 170 g/mol. The highest BCUT2D eigenvalue weighted by atomic mass is 16.4. The summed E-state index contributed by atoms with van der Waals surface area (Å²) in [5, 5.41) is 18.6. The standard InChI is InChI=1S/C9H14O3/c1-9(8(11)12)5-2-3-6(9)7(10)4-5/h5-7,10H,2-4H2,1H3,(H,11,12)/t5-,6-,7-,9?/m1/s1. The number of aliphatic carboxylic acids is 1. The molecule has 2 bridgehead atoms. The maximum atomic E-state index is 11.0. The Hall–Kier alpha value is -0.570. The lowest BCUT2D eigenvalue weighted by molar-refractivity contribution is -0.151. The zero-order valence-electron chi connectivity index (χ0n) is 7.16. The van der Waals surface area contributed by atoms with Gasteiger partial charge in [0.2, 0.25) is 0 Å². The Morgan fingerprint density at radius 3 is 2.42 bits per heavy atom. The van der Waals surface area contributed by atoms with Crippen LogP contribution in [0, 0.1) is 17.3 Å². The molecule has 2 N–H and O–H groups in total. The van der Waals surface area contributed by atoms with Crippen molar-refractivity contribution in [1.82, 2.24) is 0 Å². The van der Waals surface area contributed by atoms with E-state index in [0.717, 1.165) is 12.8 Å². The highest BCUT2D eigenvalue weighted by molar-refractivity contribution is 5.76. The van der Waals surface area contributed by atoms with E-state index in [1.165, 1.54) is 0 Å². The van der Waals surface area contributed by atoms with E-state index in [9.17, 15) is 9.90 Å². The van der Waals surface area contributed by atoms with Gasteiger partial charge in [-0.1, -0.05) is 0 Å². The van der Waals surface area contributed by atoms with E-state index in [0.29, 0.717) is 6.42 Å². The van der Waals surface area contributed by atoms with Crippen LogP contribution in [0.4, 0.5) is 0 Å². The van der Waals surface area contributed by atoms with Crippen LogP contribution >= 0.6 is 0 Å². The van der Waals surface area contributed by atoms with Crippen LogP contribution < -0.4 is 0 Å². The lowest BCUT2D eigenvalue weighted by Crippen LogP contribution is -2.34. The van der Waals surface area contributed by atoms with E-state index < -0.39 is 11.4 Å². The molecule has 2 fully saturated rings. The van der Waals surface area contributed by atoms with Crippen molar-refractivity contribution in [2.24, 2.45) is 17.3 Å². The Labute approximate surface area is 71.4 Å². The third-order valence-electron chi connectivity index (χ3n) is 3.90. The summed E-state index contributed by atoms with van der Waals surface area (Å²) >= 11 is 0.